The molecule has 3 heteroatoms. The summed E-state index contributed by atoms with van der Waals surface area (Å²) >= 11 is 0. The van der Waals surface area contributed by atoms with Gasteiger partial charge in [-0.3, -0.25) is 0 Å². The molecule has 0 aliphatic heterocycles. The summed E-state index contributed by atoms with van der Waals surface area (Å²) in [6.07, 6.45) is 0.961. The van der Waals surface area contributed by atoms with Crippen LogP contribution in [0.3, 0.4) is 0 Å². The van der Waals surface area contributed by atoms with Crippen molar-refractivity contribution in [2.24, 2.45) is 5.73 Å². The fourth-order valence-electron chi connectivity index (χ4n) is 2.05. The lowest BCUT2D eigenvalue weighted by molar-refractivity contribution is 0.242. The molecule has 0 saturated carbocycles. The van der Waals surface area contributed by atoms with Crippen LogP contribution in [0.2, 0.25) is 0 Å². The van der Waals surface area contributed by atoms with Gasteiger partial charge in [-0.05, 0) is 43.7 Å². The number of nitrogens with two attached hydrogens (primary N) is 1. The molecule has 0 aliphatic rings. The summed E-state index contributed by atoms with van der Waals surface area (Å²) in [5, 5.41) is 0. The number of para-hydroxylation sites is 1. The summed E-state index contributed by atoms with van der Waals surface area (Å²) in [4.78, 5) is 0. The molecule has 21 heavy (non-hydrogen) atoms. The zero-order valence-electron chi connectivity index (χ0n) is 12.7. The summed E-state index contributed by atoms with van der Waals surface area (Å²) < 4.78 is 11.3. The highest BCUT2D eigenvalue weighted by Gasteiger charge is 2.07. The molecule has 1 unspecified atom stereocenters. The molecule has 0 saturated heterocycles. The Labute approximate surface area is 126 Å². The number of ether oxygens (including phenoxy) is 2. The minimum Gasteiger partial charge on any atom is -0.494 e. The maximum atomic E-state index is 6.19. The molecule has 2 N–H and O–H groups in total. The van der Waals surface area contributed by atoms with Crippen LogP contribution in [0.15, 0.2) is 54.6 Å². The Bertz CT molecular complexity index is 523. The largest absolute Gasteiger partial charge is 0.494 e. The van der Waals surface area contributed by atoms with Gasteiger partial charge in [0.1, 0.15) is 11.5 Å². The van der Waals surface area contributed by atoms with Crippen LogP contribution in [-0.2, 0) is 0 Å². The van der Waals surface area contributed by atoms with E-state index in [9.17, 15) is 0 Å². The lowest BCUT2D eigenvalue weighted by Crippen LogP contribution is -2.14. The van der Waals surface area contributed by atoms with Crippen molar-refractivity contribution in [3.8, 4) is 11.5 Å². The highest BCUT2D eigenvalue weighted by molar-refractivity contribution is 5.29. The quantitative estimate of drug-likeness (QED) is 0.838. The fraction of sp³-hybridized carbons (Fsp3) is 0.333. The van der Waals surface area contributed by atoms with E-state index in [0.29, 0.717) is 6.61 Å². The predicted molar refractivity (Wildman–Crippen MR) is 85.7 cm³/mol. The van der Waals surface area contributed by atoms with E-state index in [-0.39, 0.29) is 12.1 Å². The molecule has 0 spiro atoms. The van der Waals surface area contributed by atoms with Crippen molar-refractivity contribution in [1.82, 2.24) is 0 Å². The van der Waals surface area contributed by atoms with Gasteiger partial charge in [-0.15, -0.1) is 0 Å². The van der Waals surface area contributed by atoms with Gasteiger partial charge in [-0.1, -0.05) is 30.3 Å². The van der Waals surface area contributed by atoms with Gasteiger partial charge in [0.15, 0.2) is 0 Å². The van der Waals surface area contributed by atoms with Crippen LogP contribution in [0.5, 0.6) is 11.5 Å². The van der Waals surface area contributed by atoms with E-state index in [2.05, 4.69) is 0 Å². The Balaban J connectivity index is 1.81. The first-order chi connectivity index (χ1) is 10.1. The number of hydrogen-bond donors (Lipinski definition) is 1. The summed E-state index contributed by atoms with van der Waals surface area (Å²) in [6.45, 7) is 4.64. The Morgan fingerprint density at radius 3 is 2.19 bits per heavy atom. The van der Waals surface area contributed by atoms with Crippen LogP contribution in [-0.4, -0.2) is 12.7 Å². The second kappa shape index (κ2) is 7.70. The SMILES string of the molecule is CC(C)Oc1ccc(C(N)CCOc2ccccc2)cc1. The van der Waals surface area contributed by atoms with Crippen molar-refractivity contribution in [3.63, 3.8) is 0 Å². The molecular weight excluding hydrogens is 262 g/mol. The molecule has 112 valence electrons. The van der Waals surface area contributed by atoms with E-state index in [4.69, 9.17) is 15.2 Å². The van der Waals surface area contributed by atoms with Crippen LogP contribution >= 0.6 is 0 Å². The molecule has 0 aromatic heterocycles. The van der Waals surface area contributed by atoms with Crippen LogP contribution in [0, 0.1) is 0 Å². The minimum absolute atomic E-state index is 0.0261. The van der Waals surface area contributed by atoms with Crippen LogP contribution in [0.4, 0.5) is 0 Å². The van der Waals surface area contributed by atoms with E-state index in [0.717, 1.165) is 23.5 Å². The Hall–Kier alpha value is -2.00. The minimum atomic E-state index is -0.0261. The summed E-state index contributed by atoms with van der Waals surface area (Å²) in [7, 11) is 0. The van der Waals surface area contributed by atoms with Gasteiger partial charge in [-0.25, -0.2) is 0 Å². The van der Waals surface area contributed by atoms with Crippen LogP contribution < -0.4 is 15.2 Å². The Kier molecular flexibility index (Phi) is 5.64. The molecule has 3 nitrogen and oxygen atoms in total. The first-order valence-corrected chi connectivity index (χ1v) is 7.35. The topological polar surface area (TPSA) is 44.5 Å². The average Bonchev–Trinajstić information content (AvgIpc) is 2.48. The van der Waals surface area contributed by atoms with Crippen molar-refractivity contribution in [2.45, 2.75) is 32.4 Å². The number of rotatable bonds is 7. The summed E-state index contributed by atoms with van der Waals surface area (Å²) in [5.41, 5.74) is 7.29. The first kappa shape index (κ1) is 15.4. The molecule has 0 bridgehead atoms. The van der Waals surface area contributed by atoms with Crippen molar-refractivity contribution in [2.75, 3.05) is 6.61 Å². The fourth-order valence-corrected chi connectivity index (χ4v) is 2.05. The monoisotopic (exact) mass is 285 g/mol. The number of hydrogen-bond acceptors (Lipinski definition) is 3. The van der Waals surface area contributed by atoms with Gasteiger partial charge in [0.05, 0.1) is 12.7 Å². The van der Waals surface area contributed by atoms with Crippen LogP contribution in [0.25, 0.3) is 0 Å². The van der Waals surface area contributed by atoms with Crippen molar-refractivity contribution >= 4 is 0 Å². The molecule has 2 rings (SSSR count). The Morgan fingerprint density at radius 2 is 1.57 bits per heavy atom. The summed E-state index contributed by atoms with van der Waals surface area (Å²) in [6, 6.07) is 17.7. The van der Waals surface area contributed by atoms with Gasteiger partial charge in [-0.2, -0.15) is 0 Å². The zero-order valence-corrected chi connectivity index (χ0v) is 12.7. The smallest absolute Gasteiger partial charge is 0.119 e. The third kappa shape index (κ3) is 5.12. The molecule has 0 amide bonds. The second-order valence-corrected chi connectivity index (χ2v) is 5.29. The van der Waals surface area contributed by atoms with E-state index in [1.54, 1.807) is 0 Å². The van der Waals surface area contributed by atoms with Gasteiger partial charge >= 0.3 is 0 Å². The molecule has 2 aromatic rings. The van der Waals surface area contributed by atoms with E-state index < -0.39 is 0 Å². The zero-order chi connectivity index (χ0) is 15.1. The summed E-state index contributed by atoms with van der Waals surface area (Å²) in [5.74, 6) is 1.76. The first-order valence-electron chi connectivity index (χ1n) is 7.35. The van der Waals surface area contributed by atoms with Crippen molar-refractivity contribution < 1.29 is 9.47 Å². The lowest BCUT2D eigenvalue weighted by atomic mass is 10.1. The number of benzene rings is 2. The molecule has 0 aliphatic carbocycles. The normalized spacial score (nSPS) is 12.2. The second-order valence-electron chi connectivity index (χ2n) is 5.29. The molecule has 1 atom stereocenters. The predicted octanol–water partition coefficient (Wildman–Crippen LogP) is 3.94. The third-order valence-electron chi connectivity index (χ3n) is 3.12. The van der Waals surface area contributed by atoms with E-state index in [1.165, 1.54) is 0 Å². The maximum absolute atomic E-state index is 6.19. The lowest BCUT2D eigenvalue weighted by Gasteiger charge is -2.14. The Morgan fingerprint density at radius 1 is 0.905 bits per heavy atom. The standard InChI is InChI=1S/C18H23NO2/c1-14(2)21-17-10-8-15(9-11-17)18(19)12-13-20-16-6-4-3-5-7-16/h3-11,14,18H,12-13,19H2,1-2H3. The average molecular weight is 285 g/mol. The maximum Gasteiger partial charge on any atom is 0.119 e. The van der Waals surface area contributed by atoms with Gasteiger partial charge < -0.3 is 15.2 Å². The van der Waals surface area contributed by atoms with E-state index in [1.807, 2.05) is 68.4 Å². The van der Waals surface area contributed by atoms with Gasteiger partial charge in [0.2, 0.25) is 0 Å². The molecular formula is C18H23NO2. The van der Waals surface area contributed by atoms with Gasteiger partial charge in [0, 0.05) is 12.5 Å². The third-order valence-corrected chi connectivity index (χ3v) is 3.12. The molecule has 0 heterocycles. The van der Waals surface area contributed by atoms with Crippen molar-refractivity contribution in [1.29, 1.82) is 0 Å². The molecule has 0 fully saturated rings. The highest BCUT2D eigenvalue weighted by Crippen LogP contribution is 2.20. The molecule has 0 radical (unpaired) electrons. The van der Waals surface area contributed by atoms with E-state index >= 15 is 0 Å². The van der Waals surface area contributed by atoms with Crippen LogP contribution in [0.1, 0.15) is 31.9 Å². The highest BCUT2D eigenvalue weighted by atomic mass is 16.5. The molecule has 2 aromatic carbocycles. The van der Waals surface area contributed by atoms with Crippen molar-refractivity contribution in [3.05, 3.63) is 60.2 Å². The van der Waals surface area contributed by atoms with Gasteiger partial charge in [0.25, 0.3) is 0 Å².